The molecule has 0 bridgehead atoms. The number of nitro groups is 1. The van der Waals surface area contributed by atoms with E-state index in [1.165, 1.54) is 6.20 Å². The fourth-order valence-corrected chi connectivity index (χ4v) is 2.05. The van der Waals surface area contributed by atoms with Crippen LogP contribution in [-0.2, 0) is 0 Å². The Kier molecular flexibility index (Phi) is 3.27. The Labute approximate surface area is 103 Å². The van der Waals surface area contributed by atoms with Crippen LogP contribution in [-0.4, -0.2) is 33.6 Å². The van der Waals surface area contributed by atoms with Gasteiger partial charge in [0.25, 0.3) is 0 Å². The molecule has 1 aromatic rings. The highest BCUT2D eigenvalue weighted by molar-refractivity contribution is 5.66. The first-order chi connectivity index (χ1) is 8.59. The van der Waals surface area contributed by atoms with Crippen LogP contribution >= 0.6 is 0 Å². The van der Waals surface area contributed by atoms with Crippen LogP contribution in [0.3, 0.4) is 0 Å². The molecule has 2 atom stereocenters. The number of amides is 1. The number of carbonyl (C=O) groups is 1. The second kappa shape index (κ2) is 4.87. The highest BCUT2D eigenvalue weighted by atomic mass is 16.6. The molecule has 0 saturated heterocycles. The molecule has 1 aliphatic heterocycles. The van der Waals surface area contributed by atoms with Crippen molar-refractivity contribution in [3.8, 4) is 0 Å². The zero-order chi connectivity index (χ0) is 13.1. The van der Waals surface area contributed by atoms with Crippen molar-refractivity contribution in [1.29, 1.82) is 0 Å². The van der Waals surface area contributed by atoms with Gasteiger partial charge in [-0.2, -0.15) is 0 Å². The fraction of sp³-hybridized carbons (Fsp3) is 0.250. The van der Waals surface area contributed by atoms with Crippen molar-refractivity contribution in [3.05, 3.63) is 58.3 Å². The molecule has 1 N–H and O–H groups in total. The molecule has 0 fully saturated rings. The van der Waals surface area contributed by atoms with Crippen molar-refractivity contribution < 1.29 is 14.8 Å². The molecule has 1 aromatic carbocycles. The van der Waals surface area contributed by atoms with Crippen molar-refractivity contribution in [1.82, 2.24) is 4.90 Å². The molecule has 1 heterocycles. The summed E-state index contributed by atoms with van der Waals surface area (Å²) in [5, 5.41) is 19.9. The fourth-order valence-electron chi connectivity index (χ4n) is 2.05. The van der Waals surface area contributed by atoms with Crippen molar-refractivity contribution >= 4 is 6.09 Å². The number of hydrogen-bond acceptors (Lipinski definition) is 3. The Morgan fingerprint density at radius 1 is 1.39 bits per heavy atom. The molecule has 0 aromatic heterocycles. The lowest BCUT2D eigenvalue weighted by Gasteiger charge is -2.27. The highest BCUT2D eigenvalue weighted by Crippen LogP contribution is 2.27. The summed E-state index contributed by atoms with van der Waals surface area (Å²) < 4.78 is 0. The largest absolute Gasteiger partial charge is 0.465 e. The summed E-state index contributed by atoms with van der Waals surface area (Å²) in [5.41, 5.74) is 0.820. The van der Waals surface area contributed by atoms with Gasteiger partial charge in [0.05, 0.1) is 12.5 Å². The van der Waals surface area contributed by atoms with Crippen molar-refractivity contribution in [3.63, 3.8) is 0 Å². The third-order valence-electron chi connectivity index (χ3n) is 2.97. The Bertz CT molecular complexity index is 486. The van der Waals surface area contributed by atoms with Gasteiger partial charge in [0, 0.05) is 11.1 Å². The molecule has 18 heavy (non-hydrogen) atoms. The van der Waals surface area contributed by atoms with Gasteiger partial charge in [-0.1, -0.05) is 36.4 Å². The van der Waals surface area contributed by atoms with Gasteiger partial charge in [-0.05, 0) is 5.56 Å². The van der Waals surface area contributed by atoms with Crippen LogP contribution in [0.25, 0.3) is 0 Å². The maximum atomic E-state index is 11.1. The molecule has 1 aliphatic rings. The van der Waals surface area contributed by atoms with E-state index in [1.54, 1.807) is 6.08 Å². The molecular weight excluding hydrogens is 236 g/mol. The number of nitrogens with zero attached hydrogens (tertiary/aromatic N) is 2. The lowest BCUT2D eigenvalue weighted by atomic mass is 9.89. The van der Waals surface area contributed by atoms with Gasteiger partial charge >= 0.3 is 6.09 Å². The van der Waals surface area contributed by atoms with Gasteiger partial charge in [-0.15, -0.1) is 0 Å². The van der Waals surface area contributed by atoms with Gasteiger partial charge in [0.1, 0.15) is 0 Å². The van der Waals surface area contributed by atoms with E-state index in [1.807, 2.05) is 30.3 Å². The molecule has 6 nitrogen and oxygen atoms in total. The standard InChI is InChI=1S/C12H12N2O4/c15-12(16)13-7-6-10(11(8-13)14(17)18)9-4-2-1-3-5-9/h1-7,10-11H,8H2,(H,15,16). The molecular formula is C12H12N2O4. The monoisotopic (exact) mass is 248 g/mol. The molecule has 0 spiro atoms. The van der Waals surface area contributed by atoms with Crippen LogP contribution < -0.4 is 0 Å². The minimum absolute atomic E-state index is 0.127. The summed E-state index contributed by atoms with van der Waals surface area (Å²) in [6.07, 6.45) is 1.78. The van der Waals surface area contributed by atoms with Gasteiger partial charge in [0.2, 0.25) is 6.04 Å². The minimum Gasteiger partial charge on any atom is -0.465 e. The first kappa shape index (κ1) is 12.1. The van der Waals surface area contributed by atoms with Gasteiger partial charge in [0.15, 0.2) is 0 Å². The van der Waals surface area contributed by atoms with E-state index in [-0.39, 0.29) is 6.54 Å². The van der Waals surface area contributed by atoms with E-state index in [0.29, 0.717) is 0 Å². The third-order valence-corrected chi connectivity index (χ3v) is 2.97. The molecule has 6 heteroatoms. The molecule has 0 aliphatic carbocycles. The molecule has 1 amide bonds. The highest BCUT2D eigenvalue weighted by Gasteiger charge is 2.36. The van der Waals surface area contributed by atoms with Crippen LogP contribution in [0.5, 0.6) is 0 Å². The predicted octanol–water partition coefficient (Wildman–Crippen LogP) is 1.92. The topological polar surface area (TPSA) is 83.7 Å². The molecule has 2 unspecified atom stereocenters. The normalized spacial score (nSPS) is 22.8. The molecule has 0 radical (unpaired) electrons. The first-order valence-corrected chi connectivity index (χ1v) is 5.46. The lowest BCUT2D eigenvalue weighted by molar-refractivity contribution is -0.525. The zero-order valence-electron chi connectivity index (χ0n) is 9.47. The first-order valence-electron chi connectivity index (χ1n) is 5.46. The van der Waals surface area contributed by atoms with Crippen LogP contribution in [0.1, 0.15) is 11.5 Å². The Balaban J connectivity index is 2.32. The van der Waals surface area contributed by atoms with E-state index < -0.39 is 23.0 Å². The number of rotatable bonds is 2. The second-order valence-electron chi connectivity index (χ2n) is 4.07. The van der Waals surface area contributed by atoms with Crippen LogP contribution in [0.4, 0.5) is 4.79 Å². The SMILES string of the molecule is O=C(O)N1C=CC(c2ccccc2)C([N+](=O)[O-])C1. The smallest absolute Gasteiger partial charge is 0.411 e. The van der Waals surface area contributed by atoms with Crippen molar-refractivity contribution in [2.75, 3.05) is 6.54 Å². The van der Waals surface area contributed by atoms with E-state index in [9.17, 15) is 14.9 Å². The van der Waals surface area contributed by atoms with E-state index >= 15 is 0 Å². The summed E-state index contributed by atoms with van der Waals surface area (Å²) in [6.45, 7) is -0.127. The number of hydrogen-bond donors (Lipinski definition) is 1. The maximum Gasteiger partial charge on any atom is 0.411 e. The number of benzene rings is 1. The van der Waals surface area contributed by atoms with Crippen LogP contribution in [0.15, 0.2) is 42.6 Å². The second-order valence-corrected chi connectivity index (χ2v) is 4.07. The molecule has 2 rings (SSSR count). The van der Waals surface area contributed by atoms with Gasteiger partial charge in [-0.25, -0.2) is 4.79 Å². The zero-order valence-corrected chi connectivity index (χ0v) is 9.47. The third kappa shape index (κ3) is 2.32. The minimum atomic E-state index is -1.18. The average Bonchev–Trinajstić information content (AvgIpc) is 2.39. The molecule has 94 valence electrons. The Morgan fingerprint density at radius 3 is 2.61 bits per heavy atom. The molecule has 0 saturated carbocycles. The maximum absolute atomic E-state index is 11.1. The predicted molar refractivity (Wildman–Crippen MR) is 63.8 cm³/mol. The van der Waals surface area contributed by atoms with Crippen molar-refractivity contribution in [2.24, 2.45) is 0 Å². The Morgan fingerprint density at radius 2 is 2.06 bits per heavy atom. The summed E-state index contributed by atoms with van der Waals surface area (Å²) in [7, 11) is 0. The summed E-state index contributed by atoms with van der Waals surface area (Å²) in [5.74, 6) is -0.392. The van der Waals surface area contributed by atoms with E-state index in [2.05, 4.69) is 0 Å². The average molecular weight is 248 g/mol. The van der Waals surface area contributed by atoms with E-state index in [0.717, 1.165) is 10.5 Å². The van der Waals surface area contributed by atoms with Gasteiger partial charge < -0.3 is 5.11 Å². The summed E-state index contributed by atoms with van der Waals surface area (Å²) in [6, 6.07) is 8.12. The summed E-state index contributed by atoms with van der Waals surface area (Å²) in [4.78, 5) is 22.4. The number of carboxylic acid groups (broad SMARTS) is 1. The quantitative estimate of drug-likeness (QED) is 0.640. The lowest BCUT2D eigenvalue weighted by Crippen LogP contribution is -2.43. The van der Waals surface area contributed by atoms with Crippen LogP contribution in [0, 0.1) is 10.1 Å². The van der Waals surface area contributed by atoms with Crippen LogP contribution in [0.2, 0.25) is 0 Å². The van der Waals surface area contributed by atoms with Crippen molar-refractivity contribution in [2.45, 2.75) is 12.0 Å². The van der Waals surface area contributed by atoms with Gasteiger partial charge in [-0.3, -0.25) is 15.0 Å². The summed E-state index contributed by atoms with van der Waals surface area (Å²) >= 11 is 0. The van der Waals surface area contributed by atoms with E-state index in [4.69, 9.17) is 5.11 Å². The Hall–Kier alpha value is -2.37.